The van der Waals surface area contributed by atoms with Crippen LogP contribution in [-0.4, -0.2) is 36.4 Å². The van der Waals surface area contributed by atoms with Crippen LogP contribution in [0.4, 0.5) is 0 Å². The molecule has 0 amide bonds. The van der Waals surface area contributed by atoms with Gasteiger partial charge in [-0.1, -0.05) is 67.3 Å². The Bertz CT molecular complexity index is 602. The monoisotopic (exact) mass is 450 g/mol. The van der Waals surface area contributed by atoms with Crippen LogP contribution in [0.25, 0.3) is 0 Å². The van der Waals surface area contributed by atoms with Crippen LogP contribution < -0.4 is 0 Å². The maximum atomic E-state index is 6.82. The minimum atomic E-state index is -1.94. The van der Waals surface area contributed by atoms with Gasteiger partial charge < -0.3 is 13.9 Å². The molecule has 0 unspecified atom stereocenters. The molecule has 1 aliphatic rings. The molecule has 0 N–H and O–H groups in total. The van der Waals surface area contributed by atoms with Crippen LogP contribution in [0.2, 0.25) is 42.3 Å². The van der Waals surface area contributed by atoms with Crippen molar-refractivity contribution in [3.63, 3.8) is 0 Å². The predicted octanol–water partition coefficient (Wildman–Crippen LogP) is 7.36. The van der Waals surface area contributed by atoms with Crippen molar-refractivity contribution in [1.82, 2.24) is 0 Å². The van der Waals surface area contributed by atoms with E-state index >= 15 is 0 Å². The van der Waals surface area contributed by atoms with Crippen LogP contribution in [0.5, 0.6) is 0 Å². The topological polar surface area (TPSA) is 27.7 Å². The third-order valence-electron chi connectivity index (χ3n) is 6.32. The molecule has 0 bridgehead atoms. The van der Waals surface area contributed by atoms with Gasteiger partial charge in [-0.2, -0.15) is 0 Å². The average molecular weight is 451 g/mol. The fourth-order valence-corrected chi connectivity index (χ4v) is 10.6. The quantitative estimate of drug-likeness (QED) is 0.127. The number of allylic oxidation sites excluding steroid dienone is 2. The highest BCUT2D eigenvalue weighted by molar-refractivity contribution is 6.78. The highest BCUT2D eigenvalue weighted by Crippen LogP contribution is 2.45. The maximum Gasteiger partial charge on any atom is 0.258 e. The fraction of sp³-hybridized carbons (Fsp3) is 0.760. The van der Waals surface area contributed by atoms with Crippen LogP contribution in [0.15, 0.2) is 24.0 Å². The van der Waals surface area contributed by atoms with E-state index in [1.165, 1.54) is 0 Å². The first-order valence-electron chi connectivity index (χ1n) is 11.6. The largest absolute Gasteiger partial charge is 0.543 e. The van der Waals surface area contributed by atoms with E-state index in [1.54, 1.807) is 0 Å². The lowest BCUT2D eigenvalue weighted by Gasteiger charge is -2.43. The van der Waals surface area contributed by atoms with E-state index in [0.29, 0.717) is 36.4 Å². The van der Waals surface area contributed by atoms with Crippen LogP contribution in [0, 0.1) is 17.8 Å². The average Bonchev–Trinajstić information content (AvgIpc) is 2.62. The Morgan fingerprint density at radius 3 is 2.07 bits per heavy atom. The molecule has 0 spiro atoms. The molecule has 0 saturated heterocycles. The van der Waals surface area contributed by atoms with Crippen molar-refractivity contribution in [2.24, 2.45) is 5.41 Å². The standard InChI is InChI=1S/C25H46O3Si2/c1-11-14-25(19-27-20-26-17-18-29(8,9)10)15-12-24(13-16-25)28-30(21(2)3,22(4)5)23(6)7/h1,12-13,15,21-23H,14,16-20H2,2-10H3/t25-/m1/s1. The molecule has 0 aromatic rings. The smallest absolute Gasteiger partial charge is 0.258 e. The molecule has 0 saturated carbocycles. The summed E-state index contributed by atoms with van der Waals surface area (Å²) in [5.74, 6) is 3.85. The highest BCUT2D eigenvalue weighted by atomic mass is 28.4. The summed E-state index contributed by atoms with van der Waals surface area (Å²) in [4.78, 5) is 0. The Balaban J connectivity index is 2.73. The number of rotatable bonds is 13. The van der Waals surface area contributed by atoms with Crippen molar-refractivity contribution in [2.75, 3.05) is 20.0 Å². The first kappa shape index (κ1) is 27.2. The number of ether oxygens (including phenoxy) is 2. The molecule has 0 radical (unpaired) electrons. The summed E-state index contributed by atoms with van der Waals surface area (Å²) >= 11 is 0. The van der Waals surface area contributed by atoms with E-state index < -0.39 is 16.4 Å². The van der Waals surface area contributed by atoms with Crippen molar-refractivity contribution in [2.45, 2.75) is 96.7 Å². The lowest BCUT2D eigenvalue weighted by molar-refractivity contribution is -0.0704. The van der Waals surface area contributed by atoms with Gasteiger partial charge in [0, 0.05) is 26.5 Å². The molecule has 0 heterocycles. The summed E-state index contributed by atoms with van der Waals surface area (Å²) in [6.07, 6.45) is 13.8. The maximum absolute atomic E-state index is 6.82. The van der Waals surface area contributed by atoms with E-state index in [-0.39, 0.29) is 5.41 Å². The van der Waals surface area contributed by atoms with E-state index in [9.17, 15) is 0 Å². The molecule has 0 aliphatic heterocycles. The zero-order chi connectivity index (χ0) is 23.0. The van der Waals surface area contributed by atoms with Crippen molar-refractivity contribution >= 4 is 16.4 Å². The van der Waals surface area contributed by atoms with Gasteiger partial charge >= 0.3 is 0 Å². The second-order valence-corrected chi connectivity index (χ2v) is 22.0. The van der Waals surface area contributed by atoms with Crippen LogP contribution in [0.1, 0.15) is 54.4 Å². The molecular weight excluding hydrogens is 404 g/mol. The van der Waals surface area contributed by atoms with Crippen molar-refractivity contribution < 1.29 is 13.9 Å². The molecule has 0 aromatic carbocycles. The Kier molecular flexibility index (Phi) is 10.6. The number of hydrogen-bond acceptors (Lipinski definition) is 3. The molecule has 0 fully saturated rings. The van der Waals surface area contributed by atoms with Gasteiger partial charge in [0.2, 0.25) is 0 Å². The molecule has 3 nitrogen and oxygen atoms in total. The van der Waals surface area contributed by atoms with Crippen LogP contribution >= 0.6 is 0 Å². The Morgan fingerprint density at radius 2 is 1.63 bits per heavy atom. The summed E-state index contributed by atoms with van der Waals surface area (Å²) in [7, 11) is -3.01. The van der Waals surface area contributed by atoms with Crippen LogP contribution in [0.3, 0.4) is 0 Å². The molecule has 30 heavy (non-hydrogen) atoms. The lowest BCUT2D eigenvalue weighted by Crippen LogP contribution is -2.47. The normalized spacial score (nSPS) is 20.0. The fourth-order valence-electron chi connectivity index (χ4n) is 4.57. The second-order valence-electron chi connectivity index (χ2n) is 11.0. The predicted molar refractivity (Wildman–Crippen MR) is 135 cm³/mol. The van der Waals surface area contributed by atoms with Gasteiger partial charge in [0.25, 0.3) is 8.32 Å². The molecule has 1 rings (SSSR count). The third-order valence-corrected chi connectivity index (χ3v) is 14.0. The molecular formula is C25H46O3Si2. The third kappa shape index (κ3) is 7.71. The van der Waals surface area contributed by atoms with Crippen LogP contribution in [-0.2, 0) is 13.9 Å². The lowest BCUT2D eigenvalue weighted by atomic mass is 9.79. The Labute approximate surface area is 188 Å². The zero-order valence-corrected chi connectivity index (χ0v) is 23.0. The van der Waals surface area contributed by atoms with Gasteiger partial charge in [-0.3, -0.25) is 0 Å². The van der Waals surface area contributed by atoms with Gasteiger partial charge in [-0.25, -0.2) is 0 Å². The summed E-state index contributed by atoms with van der Waals surface area (Å²) in [6.45, 7) is 22.7. The minimum absolute atomic E-state index is 0.165. The SMILES string of the molecule is C#CC[C@@]1(COCOCC[Si](C)(C)C)C=CC(O[Si](C(C)C)(C(C)C)C(C)C)=CC1. The summed E-state index contributed by atoms with van der Waals surface area (Å²) in [5, 5.41) is 0. The van der Waals surface area contributed by atoms with Gasteiger partial charge in [0.05, 0.1) is 12.4 Å². The van der Waals surface area contributed by atoms with Gasteiger partial charge in [-0.15, -0.1) is 12.3 Å². The number of hydrogen-bond donors (Lipinski definition) is 0. The van der Waals surface area contributed by atoms with E-state index in [2.05, 4.69) is 85.3 Å². The van der Waals surface area contributed by atoms with Gasteiger partial charge in [0.15, 0.2) is 0 Å². The summed E-state index contributed by atoms with van der Waals surface area (Å²) in [5.41, 5.74) is 1.50. The second kappa shape index (κ2) is 11.7. The van der Waals surface area contributed by atoms with Gasteiger partial charge in [-0.05, 0) is 41.2 Å². The van der Waals surface area contributed by atoms with Crippen molar-refractivity contribution in [3.05, 3.63) is 24.0 Å². The van der Waals surface area contributed by atoms with E-state index in [1.807, 2.05) is 0 Å². The molecule has 5 heteroatoms. The molecule has 172 valence electrons. The first-order chi connectivity index (χ1) is 13.9. The Hall–Kier alpha value is -0.806. The summed E-state index contributed by atoms with van der Waals surface area (Å²) in [6, 6.07) is 1.16. The van der Waals surface area contributed by atoms with Crippen molar-refractivity contribution in [3.8, 4) is 12.3 Å². The highest BCUT2D eigenvalue weighted by Gasteiger charge is 2.47. The number of terminal acetylenes is 1. The van der Waals surface area contributed by atoms with Gasteiger partial charge in [0.1, 0.15) is 6.79 Å². The zero-order valence-electron chi connectivity index (χ0n) is 21.0. The minimum Gasteiger partial charge on any atom is -0.543 e. The molecule has 1 aliphatic carbocycles. The van der Waals surface area contributed by atoms with Crippen molar-refractivity contribution in [1.29, 1.82) is 0 Å². The first-order valence-corrected chi connectivity index (χ1v) is 17.4. The van der Waals surface area contributed by atoms with E-state index in [0.717, 1.165) is 24.8 Å². The summed E-state index contributed by atoms with van der Waals surface area (Å²) < 4.78 is 18.4. The molecule has 0 aromatic heterocycles. The molecule has 1 atom stereocenters. The van der Waals surface area contributed by atoms with E-state index in [4.69, 9.17) is 20.3 Å². The Morgan fingerprint density at radius 1 is 1.03 bits per heavy atom.